The van der Waals surface area contributed by atoms with Crippen LogP contribution in [0.5, 0.6) is 28.9 Å². The van der Waals surface area contributed by atoms with Crippen molar-refractivity contribution in [2.24, 2.45) is 0 Å². The lowest BCUT2D eigenvalue weighted by Gasteiger charge is -2.22. The van der Waals surface area contributed by atoms with E-state index in [1.807, 2.05) is 6.92 Å². The number of anilines is 1. The van der Waals surface area contributed by atoms with Crippen LogP contribution < -0.4 is 24.3 Å². The molecule has 7 heteroatoms. The minimum atomic E-state index is -0.463. The van der Waals surface area contributed by atoms with Gasteiger partial charge in [0.15, 0.2) is 5.76 Å². The van der Waals surface area contributed by atoms with Crippen LogP contribution in [-0.2, 0) is 10.8 Å². The van der Waals surface area contributed by atoms with Crippen molar-refractivity contribution in [3.63, 3.8) is 0 Å². The molecule has 0 saturated heterocycles. The molecule has 0 saturated carbocycles. The summed E-state index contributed by atoms with van der Waals surface area (Å²) in [6.07, 6.45) is 1.07. The number of rotatable bonds is 7. The Morgan fingerprint density at radius 1 is 0.857 bits per heavy atom. The van der Waals surface area contributed by atoms with Crippen LogP contribution in [-0.4, -0.2) is 27.2 Å². The van der Waals surface area contributed by atoms with Gasteiger partial charge in [0.05, 0.1) is 21.3 Å². The first-order chi connectivity index (χ1) is 16.5. The Hall–Kier alpha value is -3.61. The maximum Gasteiger partial charge on any atom is 0.291 e. The van der Waals surface area contributed by atoms with E-state index in [9.17, 15) is 4.79 Å². The molecule has 1 heterocycles. The van der Waals surface area contributed by atoms with E-state index in [0.29, 0.717) is 28.7 Å². The van der Waals surface area contributed by atoms with Gasteiger partial charge < -0.3 is 28.7 Å². The summed E-state index contributed by atoms with van der Waals surface area (Å²) in [4.78, 5) is 12.9. The summed E-state index contributed by atoms with van der Waals surface area (Å²) in [5.41, 5.74) is 4.20. The quantitative estimate of drug-likeness (QED) is 0.410. The number of nitrogens with one attached hydrogen (secondary N) is 1. The van der Waals surface area contributed by atoms with Gasteiger partial charge in [0.2, 0.25) is 0 Å². The lowest BCUT2D eigenvalue weighted by molar-refractivity contribution is 0.0991. The van der Waals surface area contributed by atoms with Gasteiger partial charge >= 0.3 is 0 Å². The summed E-state index contributed by atoms with van der Waals surface area (Å²) in [5.74, 6) is 1.93. The average Bonchev–Trinajstić information content (AvgIpc) is 3.34. The normalized spacial score (nSPS) is 15.3. The minimum absolute atomic E-state index is 0.0509. The number of aryl methyl sites for hydroxylation is 1. The van der Waals surface area contributed by atoms with Gasteiger partial charge in [-0.15, -0.1) is 0 Å². The number of ether oxygens (including phenoxy) is 4. The zero-order valence-electron chi connectivity index (χ0n) is 21.6. The highest BCUT2D eigenvalue weighted by atomic mass is 16.6. The molecule has 1 N–H and O–H groups in total. The van der Waals surface area contributed by atoms with Crippen molar-refractivity contribution >= 4 is 11.6 Å². The molecule has 1 aliphatic carbocycles. The Kier molecular flexibility index (Phi) is 6.21. The highest BCUT2D eigenvalue weighted by Gasteiger charge is 2.42. The van der Waals surface area contributed by atoms with Gasteiger partial charge in [-0.05, 0) is 53.0 Å². The summed E-state index contributed by atoms with van der Waals surface area (Å²) >= 11 is 0. The molecule has 0 atom stereocenters. The fourth-order valence-electron chi connectivity index (χ4n) is 5.12. The van der Waals surface area contributed by atoms with E-state index < -0.39 is 5.91 Å². The third-order valence-electron chi connectivity index (χ3n) is 6.63. The molecule has 7 nitrogen and oxygen atoms in total. The molecule has 1 amide bonds. The third kappa shape index (κ3) is 4.55. The summed E-state index contributed by atoms with van der Waals surface area (Å²) < 4.78 is 27.9. The first-order valence-corrected chi connectivity index (χ1v) is 11.5. The number of carbonyl (C=O) groups is 1. The van der Waals surface area contributed by atoms with Crippen LogP contribution in [0, 0.1) is 6.92 Å². The molecule has 4 rings (SSSR count). The summed E-state index contributed by atoms with van der Waals surface area (Å²) in [7, 11) is 4.55. The molecule has 0 aliphatic heterocycles. The van der Waals surface area contributed by atoms with Crippen LogP contribution in [0.3, 0.4) is 0 Å². The topological polar surface area (TPSA) is 79.2 Å². The van der Waals surface area contributed by atoms with Gasteiger partial charge in [0.1, 0.15) is 28.7 Å². The van der Waals surface area contributed by atoms with Crippen LogP contribution in [0.2, 0.25) is 0 Å². The summed E-state index contributed by atoms with van der Waals surface area (Å²) in [6.45, 7) is 11.1. The van der Waals surface area contributed by atoms with E-state index in [1.165, 1.54) is 25.3 Å². The van der Waals surface area contributed by atoms with Crippen LogP contribution in [0.4, 0.5) is 5.69 Å². The van der Waals surface area contributed by atoms with Gasteiger partial charge in [-0.25, -0.2) is 0 Å². The predicted octanol–water partition coefficient (Wildman–Crippen LogP) is 6.62. The van der Waals surface area contributed by atoms with Crippen molar-refractivity contribution in [3.05, 3.63) is 58.8 Å². The molecule has 1 aromatic heterocycles. The lowest BCUT2D eigenvalue weighted by Crippen LogP contribution is -2.17. The van der Waals surface area contributed by atoms with E-state index in [-0.39, 0.29) is 22.5 Å². The molecule has 0 fully saturated rings. The van der Waals surface area contributed by atoms with E-state index in [0.717, 1.165) is 12.0 Å². The van der Waals surface area contributed by atoms with Crippen molar-refractivity contribution in [3.8, 4) is 28.9 Å². The van der Waals surface area contributed by atoms with Crippen molar-refractivity contribution < 1.29 is 28.2 Å². The van der Waals surface area contributed by atoms with Gasteiger partial charge in [-0.3, -0.25) is 4.79 Å². The van der Waals surface area contributed by atoms with Crippen LogP contribution in [0.15, 0.2) is 40.8 Å². The van der Waals surface area contributed by atoms with Crippen molar-refractivity contribution in [1.29, 1.82) is 0 Å². The Morgan fingerprint density at radius 2 is 1.46 bits per heavy atom. The fourth-order valence-corrected chi connectivity index (χ4v) is 5.12. The zero-order valence-corrected chi connectivity index (χ0v) is 21.6. The molecule has 0 radical (unpaired) electrons. The first-order valence-electron chi connectivity index (χ1n) is 11.5. The Bertz CT molecular complexity index is 1250. The molecule has 1 aliphatic rings. The van der Waals surface area contributed by atoms with Crippen molar-refractivity contribution in [1.82, 2.24) is 0 Å². The molecular formula is C28H33NO6. The Morgan fingerprint density at radius 3 is 2.03 bits per heavy atom. The summed E-state index contributed by atoms with van der Waals surface area (Å²) in [5, 5.41) is 2.80. The van der Waals surface area contributed by atoms with E-state index in [2.05, 4.69) is 45.1 Å². The molecular weight excluding hydrogens is 446 g/mol. The van der Waals surface area contributed by atoms with E-state index in [4.69, 9.17) is 23.4 Å². The molecule has 2 aromatic carbocycles. The fraction of sp³-hybridized carbons (Fsp3) is 0.393. The van der Waals surface area contributed by atoms with Crippen LogP contribution in [0.1, 0.15) is 61.4 Å². The van der Waals surface area contributed by atoms with Gasteiger partial charge in [-0.1, -0.05) is 33.8 Å². The van der Waals surface area contributed by atoms with Gasteiger partial charge in [0, 0.05) is 18.2 Å². The maximum atomic E-state index is 12.9. The first kappa shape index (κ1) is 24.5. The standard InChI is InChI=1S/C28H33NO6/c1-16-11-18-19(28(4,5)15-27(18,2)3)14-21(16)35-24-10-9-20(34-24)26(30)29-25-22(32-7)12-17(31-6)13-23(25)33-8/h9-14H,15H2,1-8H3,(H,29,30). The second-order valence-corrected chi connectivity index (χ2v) is 10.2. The molecule has 186 valence electrons. The maximum absolute atomic E-state index is 12.9. The second kappa shape index (κ2) is 8.87. The highest BCUT2D eigenvalue weighted by molar-refractivity contribution is 6.04. The van der Waals surface area contributed by atoms with E-state index >= 15 is 0 Å². The second-order valence-electron chi connectivity index (χ2n) is 10.2. The number of methoxy groups -OCH3 is 3. The number of carbonyl (C=O) groups excluding carboxylic acids is 1. The number of hydrogen-bond acceptors (Lipinski definition) is 6. The highest BCUT2D eigenvalue weighted by Crippen LogP contribution is 2.51. The van der Waals surface area contributed by atoms with Gasteiger partial charge in [-0.2, -0.15) is 0 Å². The molecule has 0 spiro atoms. The molecule has 0 unspecified atom stereocenters. The minimum Gasteiger partial charge on any atom is -0.496 e. The average molecular weight is 480 g/mol. The predicted molar refractivity (Wildman–Crippen MR) is 135 cm³/mol. The molecule has 35 heavy (non-hydrogen) atoms. The van der Waals surface area contributed by atoms with Crippen molar-refractivity contribution in [2.75, 3.05) is 26.6 Å². The Labute approximate surface area is 206 Å². The van der Waals surface area contributed by atoms with E-state index in [1.54, 1.807) is 31.4 Å². The monoisotopic (exact) mass is 479 g/mol. The number of amides is 1. The Balaban J connectivity index is 1.57. The van der Waals surface area contributed by atoms with Crippen molar-refractivity contribution in [2.45, 2.75) is 51.9 Å². The zero-order chi connectivity index (χ0) is 25.5. The number of furan rings is 1. The lowest BCUT2D eigenvalue weighted by atomic mass is 9.82. The van der Waals surface area contributed by atoms with Crippen LogP contribution in [0.25, 0.3) is 0 Å². The number of hydrogen-bond donors (Lipinski definition) is 1. The number of fused-ring (bicyclic) bond motifs is 1. The van der Waals surface area contributed by atoms with Crippen LogP contribution >= 0.6 is 0 Å². The summed E-state index contributed by atoms with van der Waals surface area (Å²) in [6, 6.07) is 10.8. The largest absolute Gasteiger partial charge is 0.496 e. The molecule has 3 aromatic rings. The smallest absolute Gasteiger partial charge is 0.291 e. The SMILES string of the molecule is COc1cc(OC)c(NC(=O)c2ccc(Oc3cc4c(cc3C)C(C)(C)CC4(C)C)o2)c(OC)c1. The number of benzene rings is 2. The van der Waals surface area contributed by atoms with Gasteiger partial charge in [0.25, 0.3) is 11.9 Å². The third-order valence-corrected chi connectivity index (χ3v) is 6.63. The molecule has 0 bridgehead atoms.